The van der Waals surface area contributed by atoms with Crippen molar-refractivity contribution in [1.29, 1.82) is 0 Å². The molecule has 0 atom stereocenters. The number of benzene rings is 1. The third-order valence-corrected chi connectivity index (χ3v) is 5.52. The van der Waals surface area contributed by atoms with E-state index in [1.807, 2.05) is 17.5 Å². The fraction of sp³-hybridized carbons (Fsp3) is 0.333. The second-order valence-electron chi connectivity index (χ2n) is 7.18. The van der Waals surface area contributed by atoms with E-state index in [4.69, 9.17) is 4.74 Å². The predicted molar refractivity (Wildman–Crippen MR) is 106 cm³/mol. The number of hydrogen-bond acceptors (Lipinski definition) is 5. The Kier molecular flexibility index (Phi) is 4.24. The highest BCUT2D eigenvalue weighted by Crippen LogP contribution is 2.31. The first kappa shape index (κ1) is 17.2. The van der Waals surface area contributed by atoms with Crippen LogP contribution in [-0.2, 0) is 13.0 Å². The smallest absolute Gasteiger partial charge is 0.208 e. The van der Waals surface area contributed by atoms with E-state index in [1.54, 1.807) is 12.4 Å². The van der Waals surface area contributed by atoms with Crippen LogP contribution in [-0.4, -0.2) is 34.1 Å². The second-order valence-corrected chi connectivity index (χ2v) is 7.18. The molecule has 6 nitrogen and oxygen atoms in total. The average Bonchev–Trinajstić information content (AvgIpc) is 3.35. The van der Waals surface area contributed by atoms with Gasteiger partial charge in [-0.15, -0.1) is 0 Å². The van der Waals surface area contributed by atoms with Gasteiger partial charge in [0.15, 0.2) is 0 Å². The molecule has 144 valence electrons. The summed E-state index contributed by atoms with van der Waals surface area (Å²) in [5, 5.41) is 6.64. The third-order valence-electron chi connectivity index (χ3n) is 5.52. The summed E-state index contributed by atoms with van der Waals surface area (Å²) in [6, 6.07) is 3.18. The summed E-state index contributed by atoms with van der Waals surface area (Å²) in [6.45, 7) is 4.80. The molecule has 5 rings (SSSR count). The lowest BCUT2D eigenvalue weighted by atomic mass is 10.0. The average molecular weight is 379 g/mol. The molecule has 4 heterocycles. The van der Waals surface area contributed by atoms with E-state index in [-0.39, 0.29) is 5.82 Å². The molecule has 2 aliphatic heterocycles. The van der Waals surface area contributed by atoms with Crippen LogP contribution in [0.1, 0.15) is 28.8 Å². The Bertz CT molecular complexity index is 1090. The van der Waals surface area contributed by atoms with E-state index in [9.17, 15) is 4.39 Å². The highest BCUT2D eigenvalue weighted by atomic mass is 19.1. The van der Waals surface area contributed by atoms with Gasteiger partial charge < -0.3 is 15.4 Å². The predicted octanol–water partition coefficient (Wildman–Crippen LogP) is 3.10. The maximum atomic E-state index is 14.4. The van der Waals surface area contributed by atoms with E-state index in [0.717, 1.165) is 54.0 Å². The number of nitrogens with zero attached hydrogens (tertiary/aromatic N) is 3. The number of halogens is 1. The largest absolute Gasteiger partial charge is 0.493 e. The number of rotatable bonds is 4. The summed E-state index contributed by atoms with van der Waals surface area (Å²) in [5.41, 5.74) is 6.00. The van der Waals surface area contributed by atoms with Crippen molar-refractivity contribution in [3.05, 3.63) is 58.9 Å². The molecular weight excluding hydrogens is 357 g/mol. The Morgan fingerprint density at radius 1 is 1.29 bits per heavy atom. The molecule has 2 aromatic heterocycles. The monoisotopic (exact) mass is 379 g/mol. The Hall–Kier alpha value is -2.93. The quantitative estimate of drug-likeness (QED) is 0.729. The van der Waals surface area contributed by atoms with Gasteiger partial charge in [-0.2, -0.15) is 0 Å². The fourth-order valence-electron chi connectivity index (χ4n) is 4.08. The normalized spacial score (nSPS) is 16.0. The van der Waals surface area contributed by atoms with Gasteiger partial charge in [0.2, 0.25) is 5.95 Å². The van der Waals surface area contributed by atoms with Crippen molar-refractivity contribution in [3.8, 4) is 5.75 Å². The molecule has 1 aromatic carbocycles. The molecule has 0 saturated carbocycles. The van der Waals surface area contributed by atoms with Gasteiger partial charge in [-0.1, -0.05) is 6.08 Å². The summed E-state index contributed by atoms with van der Waals surface area (Å²) in [5.74, 6) is 1.22. The lowest BCUT2D eigenvalue weighted by molar-refractivity contribution is 0.356. The maximum Gasteiger partial charge on any atom is 0.208 e. The van der Waals surface area contributed by atoms with Crippen LogP contribution in [0.2, 0.25) is 0 Å². The van der Waals surface area contributed by atoms with E-state index in [1.165, 1.54) is 11.6 Å². The highest BCUT2D eigenvalue weighted by molar-refractivity contribution is 5.80. The van der Waals surface area contributed by atoms with E-state index in [0.29, 0.717) is 24.7 Å². The van der Waals surface area contributed by atoms with Gasteiger partial charge in [0.05, 0.1) is 17.8 Å². The molecule has 7 heteroatoms. The lowest BCUT2D eigenvalue weighted by Gasteiger charge is -2.17. The molecule has 0 radical (unpaired) electrons. The van der Waals surface area contributed by atoms with Crippen molar-refractivity contribution in [2.75, 3.05) is 25.0 Å². The molecule has 0 aliphatic carbocycles. The van der Waals surface area contributed by atoms with Crippen LogP contribution in [0.25, 0.3) is 11.1 Å². The van der Waals surface area contributed by atoms with E-state index in [2.05, 4.69) is 26.7 Å². The molecule has 2 N–H and O–H groups in total. The Balaban J connectivity index is 1.50. The maximum absolute atomic E-state index is 14.4. The molecule has 0 saturated heterocycles. The van der Waals surface area contributed by atoms with Crippen molar-refractivity contribution in [2.24, 2.45) is 0 Å². The summed E-state index contributed by atoms with van der Waals surface area (Å²) in [6.07, 6.45) is 7.59. The molecule has 0 bridgehead atoms. The molecular formula is C21H22FN5O. The Morgan fingerprint density at radius 2 is 2.21 bits per heavy atom. The first-order valence-corrected chi connectivity index (χ1v) is 9.62. The van der Waals surface area contributed by atoms with Gasteiger partial charge in [0, 0.05) is 42.4 Å². The van der Waals surface area contributed by atoms with E-state index < -0.39 is 0 Å². The van der Waals surface area contributed by atoms with Crippen molar-refractivity contribution < 1.29 is 9.13 Å². The first-order valence-electron chi connectivity index (χ1n) is 9.62. The van der Waals surface area contributed by atoms with Crippen molar-refractivity contribution in [1.82, 2.24) is 19.7 Å². The zero-order valence-corrected chi connectivity index (χ0v) is 15.8. The summed E-state index contributed by atoms with van der Waals surface area (Å²) >= 11 is 0. The van der Waals surface area contributed by atoms with Gasteiger partial charge in [0.1, 0.15) is 17.9 Å². The zero-order valence-electron chi connectivity index (χ0n) is 15.8. The number of aryl methyl sites for hydroxylation is 1. The zero-order chi connectivity index (χ0) is 19.1. The van der Waals surface area contributed by atoms with Gasteiger partial charge in [-0.3, -0.25) is 4.40 Å². The summed E-state index contributed by atoms with van der Waals surface area (Å²) in [4.78, 5) is 9.12. The third kappa shape index (κ3) is 2.82. The Labute approximate surface area is 162 Å². The van der Waals surface area contributed by atoms with Crippen LogP contribution in [0, 0.1) is 12.7 Å². The highest BCUT2D eigenvalue weighted by Gasteiger charge is 2.20. The topological polar surface area (TPSA) is 63.5 Å². The standard InChI is InChI=1S/C21H22FN5O/c1-13-20-16(14-4-7-23-8-5-14)10-24-21(27(20)12-26-13)25-11-17-15-6-9-28-19(15)3-2-18(17)22/h2-4,10,12,23H,5-9,11H2,1H3,(H,24,25). The van der Waals surface area contributed by atoms with Crippen LogP contribution >= 0.6 is 0 Å². The first-order chi connectivity index (χ1) is 13.7. The SMILES string of the molecule is Cc1ncn2c(NCc3c(F)ccc4c3CCO4)ncc(C3=CCNCC3)c12. The van der Waals surface area contributed by atoms with Gasteiger partial charge >= 0.3 is 0 Å². The summed E-state index contributed by atoms with van der Waals surface area (Å²) < 4.78 is 22.0. The number of hydrogen-bond donors (Lipinski definition) is 2. The number of imidazole rings is 1. The number of anilines is 1. The molecule has 0 spiro atoms. The molecule has 0 amide bonds. The second kappa shape index (κ2) is 6.91. The van der Waals surface area contributed by atoms with Crippen LogP contribution < -0.4 is 15.4 Å². The van der Waals surface area contributed by atoms with Gasteiger partial charge in [-0.25, -0.2) is 14.4 Å². The van der Waals surface area contributed by atoms with Crippen molar-refractivity contribution in [2.45, 2.75) is 26.3 Å². The number of aromatic nitrogens is 3. The van der Waals surface area contributed by atoms with E-state index >= 15 is 0 Å². The van der Waals surface area contributed by atoms with Crippen molar-refractivity contribution >= 4 is 17.0 Å². The fourth-order valence-corrected chi connectivity index (χ4v) is 4.08. The molecule has 2 aliphatic rings. The van der Waals surface area contributed by atoms with Crippen molar-refractivity contribution in [3.63, 3.8) is 0 Å². The van der Waals surface area contributed by atoms with Crippen LogP contribution in [0.15, 0.2) is 30.7 Å². The van der Waals surface area contributed by atoms with Gasteiger partial charge in [0.25, 0.3) is 0 Å². The number of fused-ring (bicyclic) bond motifs is 2. The van der Waals surface area contributed by atoms with Crippen LogP contribution in [0.3, 0.4) is 0 Å². The molecule has 0 fully saturated rings. The minimum Gasteiger partial charge on any atom is -0.493 e. The summed E-state index contributed by atoms with van der Waals surface area (Å²) in [7, 11) is 0. The lowest BCUT2D eigenvalue weighted by Crippen LogP contribution is -2.20. The molecule has 28 heavy (non-hydrogen) atoms. The minimum absolute atomic E-state index is 0.216. The number of ether oxygens (including phenoxy) is 1. The number of nitrogens with one attached hydrogen (secondary N) is 2. The van der Waals surface area contributed by atoms with Gasteiger partial charge in [-0.05, 0) is 37.6 Å². The van der Waals surface area contributed by atoms with Crippen LogP contribution in [0.5, 0.6) is 5.75 Å². The molecule has 3 aromatic rings. The minimum atomic E-state index is -0.216. The Morgan fingerprint density at radius 3 is 3.07 bits per heavy atom. The molecule has 0 unspecified atom stereocenters. The van der Waals surface area contributed by atoms with Crippen LogP contribution in [0.4, 0.5) is 10.3 Å².